The van der Waals surface area contributed by atoms with Crippen LogP contribution in [0.2, 0.25) is 0 Å². The molecule has 0 unspecified atom stereocenters. The standard InChI is InChI=1S/C21H28N4O4S/c1-29-19-8-4-16(5-9-19)15-24-30(27,28)20-10-6-18(7-11-20)25-21(26)23-14-17-3-2-12-22-13-17/h2-3,6-7,10-13,16,19,24H,4-5,8-9,14-15H2,1H3,(H2,23,25,26). The van der Waals surface area contributed by atoms with E-state index in [9.17, 15) is 13.2 Å². The summed E-state index contributed by atoms with van der Waals surface area (Å²) in [5, 5.41) is 5.41. The molecule has 1 aliphatic rings. The Morgan fingerprint density at radius 2 is 1.87 bits per heavy atom. The van der Waals surface area contributed by atoms with Gasteiger partial charge in [0.15, 0.2) is 0 Å². The number of anilines is 1. The molecule has 30 heavy (non-hydrogen) atoms. The van der Waals surface area contributed by atoms with Gasteiger partial charge in [-0.1, -0.05) is 6.07 Å². The first-order valence-electron chi connectivity index (χ1n) is 10.0. The summed E-state index contributed by atoms with van der Waals surface area (Å²) in [7, 11) is -1.87. The van der Waals surface area contributed by atoms with Crippen LogP contribution in [0.1, 0.15) is 31.2 Å². The monoisotopic (exact) mass is 432 g/mol. The number of nitrogens with one attached hydrogen (secondary N) is 3. The second kappa shape index (κ2) is 10.5. The number of hydrogen-bond acceptors (Lipinski definition) is 5. The highest BCUT2D eigenvalue weighted by atomic mass is 32.2. The van der Waals surface area contributed by atoms with Gasteiger partial charge in [-0.15, -0.1) is 0 Å². The zero-order valence-electron chi connectivity index (χ0n) is 17.0. The molecule has 1 saturated carbocycles. The summed E-state index contributed by atoms with van der Waals surface area (Å²) in [6.45, 7) is 0.776. The summed E-state index contributed by atoms with van der Waals surface area (Å²) in [6, 6.07) is 9.40. The number of methoxy groups -OCH3 is 1. The van der Waals surface area contributed by atoms with E-state index in [-0.39, 0.29) is 10.9 Å². The van der Waals surface area contributed by atoms with Crippen LogP contribution in [0.3, 0.4) is 0 Å². The van der Waals surface area contributed by atoms with Crippen molar-refractivity contribution in [1.29, 1.82) is 0 Å². The van der Waals surface area contributed by atoms with Gasteiger partial charge >= 0.3 is 6.03 Å². The lowest BCUT2D eigenvalue weighted by Crippen LogP contribution is -2.32. The molecule has 0 radical (unpaired) electrons. The van der Waals surface area contributed by atoms with E-state index in [1.807, 2.05) is 6.07 Å². The third-order valence-electron chi connectivity index (χ3n) is 5.29. The fourth-order valence-electron chi connectivity index (χ4n) is 3.46. The molecule has 162 valence electrons. The summed E-state index contributed by atoms with van der Waals surface area (Å²) in [6.07, 6.45) is 7.48. The van der Waals surface area contributed by atoms with Gasteiger partial charge in [-0.05, 0) is 67.5 Å². The van der Waals surface area contributed by atoms with E-state index in [2.05, 4.69) is 20.3 Å². The zero-order chi connectivity index (χ0) is 21.4. The van der Waals surface area contributed by atoms with Gasteiger partial charge in [0, 0.05) is 38.3 Å². The molecule has 3 rings (SSSR count). The minimum atomic E-state index is -3.59. The van der Waals surface area contributed by atoms with Crippen LogP contribution in [-0.2, 0) is 21.3 Å². The minimum absolute atomic E-state index is 0.175. The molecule has 0 atom stereocenters. The van der Waals surface area contributed by atoms with Crippen LogP contribution >= 0.6 is 0 Å². The number of hydrogen-bond donors (Lipinski definition) is 3. The molecule has 1 aliphatic carbocycles. The normalized spacial score (nSPS) is 19.2. The summed E-state index contributed by atoms with van der Waals surface area (Å²) in [5.41, 5.74) is 1.39. The molecule has 9 heteroatoms. The Morgan fingerprint density at radius 3 is 2.50 bits per heavy atom. The first-order valence-corrected chi connectivity index (χ1v) is 11.5. The van der Waals surface area contributed by atoms with Crippen molar-refractivity contribution < 1.29 is 17.9 Å². The summed E-state index contributed by atoms with van der Waals surface area (Å²) >= 11 is 0. The van der Waals surface area contributed by atoms with Crippen LogP contribution in [-0.4, -0.2) is 39.2 Å². The smallest absolute Gasteiger partial charge is 0.319 e. The summed E-state index contributed by atoms with van der Waals surface area (Å²) in [5.74, 6) is 0.329. The molecule has 2 amide bonds. The Kier molecular flexibility index (Phi) is 7.78. The van der Waals surface area contributed by atoms with E-state index in [4.69, 9.17) is 4.74 Å². The van der Waals surface area contributed by atoms with Crippen molar-refractivity contribution in [2.45, 2.75) is 43.2 Å². The van der Waals surface area contributed by atoms with Gasteiger partial charge in [0.05, 0.1) is 11.0 Å². The SMILES string of the molecule is COC1CCC(CNS(=O)(=O)c2ccc(NC(=O)NCc3cccnc3)cc2)CC1. The maximum atomic E-state index is 12.5. The third-order valence-corrected chi connectivity index (χ3v) is 6.73. The number of carbonyl (C=O) groups is 1. The fraction of sp³-hybridized carbons (Fsp3) is 0.429. The molecule has 2 aromatic rings. The predicted octanol–water partition coefficient (Wildman–Crippen LogP) is 2.89. The van der Waals surface area contributed by atoms with Crippen LogP contribution in [0.15, 0.2) is 53.7 Å². The zero-order valence-corrected chi connectivity index (χ0v) is 17.8. The molecule has 1 aromatic carbocycles. The lowest BCUT2D eigenvalue weighted by Gasteiger charge is -2.27. The number of pyridine rings is 1. The number of rotatable bonds is 8. The van der Waals surface area contributed by atoms with Gasteiger partial charge in [-0.2, -0.15) is 0 Å². The average molecular weight is 433 g/mol. The highest BCUT2D eigenvalue weighted by Gasteiger charge is 2.23. The molecule has 3 N–H and O–H groups in total. The van der Waals surface area contributed by atoms with Crippen molar-refractivity contribution in [3.63, 3.8) is 0 Å². The van der Waals surface area contributed by atoms with Gasteiger partial charge in [-0.3, -0.25) is 4.98 Å². The van der Waals surface area contributed by atoms with Crippen LogP contribution in [0, 0.1) is 5.92 Å². The Morgan fingerprint density at radius 1 is 1.13 bits per heavy atom. The molecule has 1 fully saturated rings. The molecule has 0 spiro atoms. The Balaban J connectivity index is 1.47. The highest BCUT2D eigenvalue weighted by molar-refractivity contribution is 7.89. The third kappa shape index (κ3) is 6.51. The molecule has 8 nitrogen and oxygen atoms in total. The first-order chi connectivity index (χ1) is 14.5. The lowest BCUT2D eigenvalue weighted by atomic mass is 9.87. The summed E-state index contributed by atoms with van der Waals surface area (Å²) < 4.78 is 33.2. The second-order valence-corrected chi connectivity index (χ2v) is 9.19. The number of carbonyl (C=O) groups excluding carboxylic acids is 1. The largest absolute Gasteiger partial charge is 0.381 e. The number of sulfonamides is 1. The molecule has 1 aromatic heterocycles. The van der Waals surface area contributed by atoms with E-state index in [0.717, 1.165) is 31.2 Å². The average Bonchev–Trinajstić information content (AvgIpc) is 2.78. The van der Waals surface area contributed by atoms with Crippen LogP contribution < -0.4 is 15.4 Å². The van der Waals surface area contributed by atoms with Gasteiger partial charge in [-0.25, -0.2) is 17.9 Å². The molecule has 0 aliphatic heterocycles. The van der Waals surface area contributed by atoms with Crippen LogP contribution in [0.5, 0.6) is 0 Å². The van der Waals surface area contributed by atoms with E-state index < -0.39 is 10.0 Å². The molecular formula is C21H28N4O4S. The van der Waals surface area contributed by atoms with Gasteiger partial charge < -0.3 is 15.4 Å². The van der Waals surface area contributed by atoms with Gasteiger partial charge in [0.2, 0.25) is 10.0 Å². The maximum Gasteiger partial charge on any atom is 0.319 e. The number of nitrogens with zero attached hydrogens (tertiary/aromatic N) is 1. The van der Waals surface area contributed by atoms with Gasteiger partial charge in [0.1, 0.15) is 0 Å². The van der Waals surface area contributed by atoms with E-state index in [1.54, 1.807) is 37.7 Å². The van der Waals surface area contributed by atoms with Crippen LogP contribution in [0.4, 0.5) is 10.5 Å². The number of aromatic nitrogens is 1. The number of urea groups is 1. The van der Waals surface area contributed by atoms with Crippen molar-refractivity contribution in [2.24, 2.45) is 5.92 Å². The lowest BCUT2D eigenvalue weighted by molar-refractivity contribution is 0.0575. The van der Waals surface area contributed by atoms with Crippen molar-refractivity contribution in [3.8, 4) is 0 Å². The Bertz CT molecular complexity index is 912. The van der Waals surface area contributed by atoms with Crippen LogP contribution in [0.25, 0.3) is 0 Å². The van der Waals surface area contributed by atoms with Gasteiger partial charge in [0.25, 0.3) is 0 Å². The number of ether oxygens (including phenoxy) is 1. The molecule has 0 saturated heterocycles. The second-order valence-electron chi connectivity index (χ2n) is 7.42. The minimum Gasteiger partial charge on any atom is -0.381 e. The van der Waals surface area contributed by atoms with Crippen molar-refractivity contribution >= 4 is 21.7 Å². The number of amides is 2. The molecule has 1 heterocycles. The predicted molar refractivity (Wildman–Crippen MR) is 114 cm³/mol. The van der Waals surface area contributed by atoms with Crippen molar-refractivity contribution in [2.75, 3.05) is 19.0 Å². The Hall–Kier alpha value is -2.49. The molecular weight excluding hydrogens is 404 g/mol. The highest BCUT2D eigenvalue weighted by Crippen LogP contribution is 2.25. The molecule has 0 bridgehead atoms. The van der Waals surface area contributed by atoms with E-state index in [1.165, 1.54) is 12.1 Å². The Labute approximate surface area is 177 Å². The quantitative estimate of drug-likeness (QED) is 0.594. The fourth-order valence-corrected chi connectivity index (χ4v) is 4.58. The summed E-state index contributed by atoms with van der Waals surface area (Å²) in [4.78, 5) is 16.2. The topological polar surface area (TPSA) is 109 Å². The van der Waals surface area contributed by atoms with E-state index >= 15 is 0 Å². The van der Waals surface area contributed by atoms with Crippen molar-refractivity contribution in [1.82, 2.24) is 15.0 Å². The van der Waals surface area contributed by atoms with Crippen molar-refractivity contribution in [3.05, 3.63) is 54.4 Å². The van der Waals surface area contributed by atoms with E-state index in [0.29, 0.717) is 30.8 Å². The maximum absolute atomic E-state index is 12.5. The number of benzene rings is 1. The first kappa shape index (κ1) is 22.2.